The number of hydrogen-bond donors (Lipinski definition) is 3. The fourth-order valence-corrected chi connectivity index (χ4v) is 3.20. The summed E-state index contributed by atoms with van der Waals surface area (Å²) in [6, 6.07) is 0. The molecule has 3 saturated heterocycles. The molecule has 4 aliphatic rings. The van der Waals surface area contributed by atoms with E-state index in [-0.39, 0.29) is 0 Å². The molecule has 0 radical (unpaired) electrons. The van der Waals surface area contributed by atoms with E-state index in [9.17, 15) is 0 Å². The molecule has 2 atom stereocenters. The highest BCUT2D eigenvalue weighted by Crippen LogP contribution is 2.40. The average molecular weight is 209 g/mol. The maximum atomic E-state index is 3.45. The number of piperidine rings is 3. The van der Waals surface area contributed by atoms with Crippen LogP contribution in [0.3, 0.4) is 0 Å². The van der Waals surface area contributed by atoms with Crippen LogP contribution in [0.1, 0.15) is 12.8 Å². The molecular formula is C12H23N3. The molecule has 4 rings (SSSR count). The van der Waals surface area contributed by atoms with Crippen molar-refractivity contribution in [3.63, 3.8) is 0 Å². The van der Waals surface area contributed by atoms with Gasteiger partial charge < -0.3 is 16.0 Å². The molecule has 3 aliphatic heterocycles. The second-order valence-corrected chi connectivity index (χ2v) is 5.70. The van der Waals surface area contributed by atoms with Gasteiger partial charge in [-0.05, 0) is 75.8 Å². The van der Waals surface area contributed by atoms with Crippen LogP contribution in [-0.2, 0) is 0 Å². The van der Waals surface area contributed by atoms with Crippen molar-refractivity contribution >= 4 is 0 Å². The van der Waals surface area contributed by atoms with Crippen LogP contribution in [0, 0.1) is 23.7 Å². The molecule has 0 spiro atoms. The molecule has 0 aromatic carbocycles. The Morgan fingerprint density at radius 2 is 1.00 bits per heavy atom. The van der Waals surface area contributed by atoms with E-state index in [2.05, 4.69) is 16.0 Å². The van der Waals surface area contributed by atoms with E-state index >= 15 is 0 Å². The first-order valence-corrected chi connectivity index (χ1v) is 6.54. The average Bonchev–Trinajstić information content (AvgIpc) is 2.87. The fraction of sp³-hybridized carbons (Fsp3) is 1.00. The van der Waals surface area contributed by atoms with Gasteiger partial charge in [0, 0.05) is 0 Å². The molecule has 1 aliphatic carbocycles. The highest BCUT2D eigenvalue weighted by atomic mass is 15.0. The van der Waals surface area contributed by atoms with Crippen molar-refractivity contribution in [1.29, 1.82) is 0 Å². The summed E-state index contributed by atoms with van der Waals surface area (Å²) in [5.41, 5.74) is 0. The van der Waals surface area contributed by atoms with Gasteiger partial charge in [0.05, 0.1) is 0 Å². The smallest absolute Gasteiger partial charge is 0.000814 e. The SMILES string of the molecule is C1NCC2CC12.C1NCC2CNCC1C2. The van der Waals surface area contributed by atoms with E-state index in [1.807, 2.05) is 0 Å². The van der Waals surface area contributed by atoms with Gasteiger partial charge in [-0.3, -0.25) is 0 Å². The Hall–Kier alpha value is -0.120. The zero-order valence-corrected chi connectivity index (χ0v) is 9.47. The van der Waals surface area contributed by atoms with E-state index in [4.69, 9.17) is 0 Å². The third-order valence-corrected chi connectivity index (χ3v) is 4.28. The lowest BCUT2D eigenvalue weighted by Crippen LogP contribution is -2.49. The van der Waals surface area contributed by atoms with Gasteiger partial charge >= 0.3 is 0 Å². The molecule has 15 heavy (non-hydrogen) atoms. The predicted molar refractivity (Wildman–Crippen MR) is 61.8 cm³/mol. The Morgan fingerprint density at radius 1 is 0.533 bits per heavy atom. The standard InChI is InChI=1S/C7H14N2.C5H9N/c1-6-2-8-4-7(1)5-9-3-6;1-4-2-6-3-5(1)4/h6-9H,1-5H2;4-6H,1-3H2. The number of fused-ring (bicyclic) bond motifs is 3. The maximum absolute atomic E-state index is 3.45. The van der Waals surface area contributed by atoms with Crippen LogP contribution in [0.2, 0.25) is 0 Å². The molecule has 2 unspecified atom stereocenters. The molecule has 4 fully saturated rings. The molecule has 86 valence electrons. The molecule has 1 saturated carbocycles. The molecule has 0 aromatic heterocycles. The monoisotopic (exact) mass is 209 g/mol. The largest absolute Gasteiger partial charge is 0.316 e. The zero-order chi connectivity index (χ0) is 10.1. The van der Waals surface area contributed by atoms with Crippen molar-refractivity contribution in [1.82, 2.24) is 16.0 Å². The third-order valence-electron chi connectivity index (χ3n) is 4.28. The number of rotatable bonds is 0. The van der Waals surface area contributed by atoms with E-state index < -0.39 is 0 Å². The van der Waals surface area contributed by atoms with Gasteiger partial charge in [-0.25, -0.2) is 0 Å². The van der Waals surface area contributed by atoms with Gasteiger partial charge in [0.2, 0.25) is 0 Å². The minimum absolute atomic E-state index is 0.928. The highest BCUT2D eigenvalue weighted by Gasteiger charge is 2.40. The number of hydrogen-bond acceptors (Lipinski definition) is 3. The van der Waals surface area contributed by atoms with Crippen molar-refractivity contribution in [2.24, 2.45) is 23.7 Å². The summed E-state index contributed by atoms with van der Waals surface area (Å²) in [4.78, 5) is 0. The molecule has 3 heterocycles. The summed E-state index contributed by atoms with van der Waals surface area (Å²) < 4.78 is 0. The second-order valence-electron chi connectivity index (χ2n) is 5.70. The Labute approximate surface area is 92.4 Å². The molecule has 0 aromatic rings. The molecule has 3 heteroatoms. The van der Waals surface area contributed by atoms with E-state index in [0.717, 1.165) is 23.7 Å². The zero-order valence-electron chi connectivity index (χ0n) is 9.47. The minimum Gasteiger partial charge on any atom is -0.316 e. The van der Waals surface area contributed by atoms with Crippen LogP contribution in [-0.4, -0.2) is 39.3 Å². The van der Waals surface area contributed by atoms with Crippen LogP contribution < -0.4 is 16.0 Å². The van der Waals surface area contributed by atoms with Gasteiger partial charge in [-0.1, -0.05) is 0 Å². The summed E-state index contributed by atoms with van der Waals surface area (Å²) in [6.45, 7) is 7.58. The first kappa shape index (κ1) is 10.1. The van der Waals surface area contributed by atoms with Gasteiger partial charge in [0.25, 0.3) is 0 Å². The third kappa shape index (κ3) is 2.52. The van der Waals surface area contributed by atoms with E-state index in [1.54, 1.807) is 0 Å². The lowest BCUT2D eigenvalue weighted by Gasteiger charge is -2.35. The van der Waals surface area contributed by atoms with Gasteiger partial charge in [0.1, 0.15) is 0 Å². The van der Waals surface area contributed by atoms with Crippen molar-refractivity contribution in [2.75, 3.05) is 39.3 Å². The molecule has 3 N–H and O–H groups in total. The molecular weight excluding hydrogens is 186 g/mol. The Kier molecular flexibility index (Phi) is 2.95. The Morgan fingerprint density at radius 3 is 1.27 bits per heavy atom. The molecule has 3 nitrogen and oxygen atoms in total. The van der Waals surface area contributed by atoms with E-state index in [1.165, 1.54) is 52.1 Å². The maximum Gasteiger partial charge on any atom is -0.000814 e. The first-order chi connectivity index (χ1) is 7.42. The van der Waals surface area contributed by atoms with Crippen molar-refractivity contribution in [3.05, 3.63) is 0 Å². The highest BCUT2D eigenvalue weighted by molar-refractivity contribution is 4.94. The second kappa shape index (κ2) is 4.40. The summed E-state index contributed by atoms with van der Waals surface area (Å²) in [7, 11) is 0. The van der Waals surface area contributed by atoms with Crippen molar-refractivity contribution in [2.45, 2.75) is 12.8 Å². The quantitative estimate of drug-likeness (QED) is 0.527. The molecule has 0 amide bonds. The summed E-state index contributed by atoms with van der Waals surface area (Å²) >= 11 is 0. The fourth-order valence-electron chi connectivity index (χ4n) is 3.20. The summed E-state index contributed by atoms with van der Waals surface area (Å²) in [5.74, 6) is 4.06. The van der Waals surface area contributed by atoms with Crippen LogP contribution in [0.4, 0.5) is 0 Å². The first-order valence-electron chi connectivity index (χ1n) is 6.54. The van der Waals surface area contributed by atoms with Crippen LogP contribution in [0.25, 0.3) is 0 Å². The normalized spacial score (nSPS) is 46.4. The van der Waals surface area contributed by atoms with Gasteiger partial charge in [-0.15, -0.1) is 0 Å². The van der Waals surface area contributed by atoms with Gasteiger partial charge in [-0.2, -0.15) is 0 Å². The van der Waals surface area contributed by atoms with Crippen LogP contribution in [0.15, 0.2) is 0 Å². The summed E-state index contributed by atoms with van der Waals surface area (Å²) in [5, 5.41) is 10.2. The van der Waals surface area contributed by atoms with E-state index in [0.29, 0.717) is 0 Å². The summed E-state index contributed by atoms with van der Waals surface area (Å²) in [6.07, 6.45) is 2.98. The van der Waals surface area contributed by atoms with Crippen molar-refractivity contribution in [3.8, 4) is 0 Å². The van der Waals surface area contributed by atoms with Crippen LogP contribution >= 0.6 is 0 Å². The lowest BCUT2D eigenvalue weighted by atomic mass is 9.87. The minimum atomic E-state index is 0.928. The number of nitrogens with one attached hydrogen (secondary N) is 3. The van der Waals surface area contributed by atoms with Gasteiger partial charge in [0.15, 0.2) is 0 Å². The van der Waals surface area contributed by atoms with Crippen molar-refractivity contribution < 1.29 is 0 Å². The lowest BCUT2D eigenvalue weighted by molar-refractivity contribution is 0.226. The topological polar surface area (TPSA) is 36.1 Å². The Balaban J connectivity index is 0.000000104. The molecule has 2 bridgehead atoms. The Bertz CT molecular complexity index is 191. The predicted octanol–water partition coefficient (Wildman–Crippen LogP) is 0.0410. The van der Waals surface area contributed by atoms with Crippen LogP contribution in [0.5, 0.6) is 0 Å².